The lowest BCUT2D eigenvalue weighted by molar-refractivity contribution is -0.143. The van der Waals surface area contributed by atoms with Crippen LogP contribution in [0.4, 0.5) is 0 Å². The quantitative estimate of drug-likeness (QED) is 0.471. The molecular formula is C31H36N4O3. The molecule has 0 spiro atoms. The van der Waals surface area contributed by atoms with Gasteiger partial charge in [-0.25, -0.2) is 0 Å². The van der Waals surface area contributed by atoms with Crippen molar-refractivity contribution in [3.63, 3.8) is 0 Å². The van der Waals surface area contributed by atoms with Gasteiger partial charge in [-0.2, -0.15) is 0 Å². The number of fused-ring (bicyclic) bond motifs is 6. The molecule has 3 heterocycles. The minimum absolute atomic E-state index is 0.0434. The SMILES string of the molecule is CC[C@@H](C)C(=O)N[C@H]1Cc2c([nH]c3ccccc23)[C@H]2CC[C@@H](C(=O)N[C@@H]3CCCc4ccccc43)N2C1=O. The van der Waals surface area contributed by atoms with E-state index in [0.717, 1.165) is 41.4 Å². The smallest absolute Gasteiger partial charge is 0.246 e. The largest absolute Gasteiger partial charge is 0.356 e. The Balaban J connectivity index is 1.34. The zero-order valence-corrected chi connectivity index (χ0v) is 22.1. The molecule has 0 saturated carbocycles. The molecule has 198 valence electrons. The summed E-state index contributed by atoms with van der Waals surface area (Å²) in [5, 5.41) is 7.42. The Bertz CT molecular complexity index is 1390. The van der Waals surface area contributed by atoms with Gasteiger partial charge in [-0.05, 0) is 61.3 Å². The van der Waals surface area contributed by atoms with Crippen molar-refractivity contribution in [2.24, 2.45) is 5.92 Å². The number of aromatic amines is 1. The normalized spacial score (nSPS) is 25.2. The number of amides is 3. The van der Waals surface area contributed by atoms with E-state index in [1.165, 1.54) is 11.1 Å². The average Bonchev–Trinajstić information content (AvgIpc) is 3.51. The fraction of sp³-hybridized carbons (Fsp3) is 0.452. The first kappa shape index (κ1) is 24.7. The molecule has 0 bridgehead atoms. The van der Waals surface area contributed by atoms with Gasteiger partial charge in [0.1, 0.15) is 12.1 Å². The number of H-pyrrole nitrogens is 1. The van der Waals surface area contributed by atoms with Gasteiger partial charge in [-0.15, -0.1) is 0 Å². The van der Waals surface area contributed by atoms with Gasteiger partial charge in [0.2, 0.25) is 17.7 Å². The number of carbonyl (C=O) groups excluding carboxylic acids is 3. The summed E-state index contributed by atoms with van der Waals surface area (Å²) in [5.41, 5.74) is 5.55. The van der Waals surface area contributed by atoms with Gasteiger partial charge in [0.15, 0.2) is 0 Å². The van der Waals surface area contributed by atoms with Crippen LogP contribution in [0.25, 0.3) is 10.9 Å². The van der Waals surface area contributed by atoms with E-state index >= 15 is 0 Å². The first-order valence-corrected chi connectivity index (χ1v) is 14.1. The van der Waals surface area contributed by atoms with Crippen molar-refractivity contribution < 1.29 is 14.4 Å². The number of nitrogens with one attached hydrogen (secondary N) is 3. The molecule has 1 aliphatic carbocycles. The van der Waals surface area contributed by atoms with Crippen molar-refractivity contribution in [1.82, 2.24) is 20.5 Å². The Hall–Kier alpha value is -3.61. The van der Waals surface area contributed by atoms with Gasteiger partial charge in [0.25, 0.3) is 0 Å². The number of carbonyl (C=O) groups is 3. The van der Waals surface area contributed by atoms with E-state index in [-0.39, 0.29) is 35.7 Å². The molecule has 5 atom stereocenters. The minimum Gasteiger partial charge on any atom is -0.356 e. The van der Waals surface area contributed by atoms with Gasteiger partial charge in [0, 0.05) is 28.9 Å². The lowest BCUT2D eigenvalue weighted by Gasteiger charge is -2.33. The third kappa shape index (κ3) is 4.18. The third-order valence-corrected chi connectivity index (χ3v) is 8.89. The number of hydrogen-bond donors (Lipinski definition) is 3. The number of rotatable bonds is 5. The van der Waals surface area contributed by atoms with Crippen molar-refractivity contribution in [1.29, 1.82) is 0 Å². The predicted molar refractivity (Wildman–Crippen MR) is 146 cm³/mol. The Labute approximate surface area is 223 Å². The van der Waals surface area contributed by atoms with E-state index in [2.05, 4.69) is 33.8 Å². The molecule has 1 aromatic heterocycles. The second-order valence-electron chi connectivity index (χ2n) is 11.1. The Morgan fingerprint density at radius 3 is 2.66 bits per heavy atom. The third-order valence-electron chi connectivity index (χ3n) is 8.89. The van der Waals surface area contributed by atoms with Gasteiger partial charge < -0.3 is 20.5 Å². The van der Waals surface area contributed by atoms with Crippen molar-refractivity contribution in [2.45, 2.75) is 83.0 Å². The fourth-order valence-corrected chi connectivity index (χ4v) is 6.64. The average molecular weight is 513 g/mol. The van der Waals surface area contributed by atoms with Crippen LogP contribution < -0.4 is 10.6 Å². The topological polar surface area (TPSA) is 94.3 Å². The molecule has 0 unspecified atom stereocenters. The maximum Gasteiger partial charge on any atom is 0.246 e. The summed E-state index contributed by atoms with van der Waals surface area (Å²) in [4.78, 5) is 46.2. The number of benzene rings is 2. The molecular weight excluding hydrogens is 476 g/mol. The van der Waals surface area contributed by atoms with Crippen LogP contribution >= 0.6 is 0 Å². The molecule has 7 nitrogen and oxygen atoms in total. The van der Waals surface area contributed by atoms with Crippen molar-refractivity contribution >= 4 is 28.6 Å². The molecule has 3 aliphatic rings. The highest BCUT2D eigenvalue weighted by atomic mass is 16.2. The van der Waals surface area contributed by atoms with E-state index in [0.29, 0.717) is 25.7 Å². The van der Waals surface area contributed by atoms with Crippen molar-refractivity contribution in [2.75, 3.05) is 0 Å². The Morgan fingerprint density at radius 1 is 1.03 bits per heavy atom. The van der Waals surface area contributed by atoms with Crippen LogP contribution in [-0.4, -0.2) is 39.7 Å². The van der Waals surface area contributed by atoms with Crippen LogP contribution in [0.5, 0.6) is 0 Å². The van der Waals surface area contributed by atoms with Gasteiger partial charge in [-0.3, -0.25) is 14.4 Å². The number of hydrogen-bond acceptors (Lipinski definition) is 3. The standard InChI is InChI=1S/C31H36N4O3/c1-3-18(2)29(36)34-25-17-22-21-12-6-7-13-24(21)32-28(22)26-15-16-27(35(26)31(25)38)30(37)33-23-14-8-10-19-9-4-5-11-20(19)23/h4-7,9,11-13,18,23,25-27,32H,3,8,10,14-17H2,1-2H3,(H,33,37)(H,34,36)/t18-,23-,25+,26-,27+/m1/s1. The zero-order valence-electron chi connectivity index (χ0n) is 22.1. The molecule has 0 radical (unpaired) electrons. The molecule has 7 heteroatoms. The van der Waals surface area contributed by atoms with Crippen molar-refractivity contribution in [3.05, 3.63) is 70.9 Å². The van der Waals surface area contributed by atoms with Crippen LogP contribution in [0.2, 0.25) is 0 Å². The molecule has 3 N–H and O–H groups in total. The highest BCUT2D eigenvalue weighted by molar-refractivity contribution is 5.95. The molecule has 3 aromatic rings. The molecule has 3 amide bonds. The number of para-hydroxylation sites is 1. The molecule has 1 fully saturated rings. The second kappa shape index (κ2) is 9.93. The molecule has 2 aromatic carbocycles. The van der Waals surface area contributed by atoms with Crippen LogP contribution in [0, 0.1) is 5.92 Å². The molecule has 6 rings (SSSR count). The number of nitrogens with zero attached hydrogens (tertiary/aromatic N) is 1. The van der Waals surface area contributed by atoms with Crippen LogP contribution in [0.3, 0.4) is 0 Å². The molecule has 1 saturated heterocycles. The van der Waals surface area contributed by atoms with E-state index in [4.69, 9.17) is 0 Å². The van der Waals surface area contributed by atoms with E-state index in [1.54, 1.807) is 4.90 Å². The maximum absolute atomic E-state index is 14.1. The first-order valence-electron chi connectivity index (χ1n) is 14.1. The summed E-state index contributed by atoms with van der Waals surface area (Å²) in [6.07, 6.45) is 5.36. The van der Waals surface area contributed by atoms with Gasteiger partial charge in [-0.1, -0.05) is 56.3 Å². The second-order valence-corrected chi connectivity index (χ2v) is 11.1. The maximum atomic E-state index is 14.1. The van der Waals surface area contributed by atoms with Crippen LogP contribution in [-0.2, 0) is 27.2 Å². The highest BCUT2D eigenvalue weighted by Crippen LogP contribution is 2.43. The minimum atomic E-state index is -0.705. The highest BCUT2D eigenvalue weighted by Gasteiger charge is 2.48. The summed E-state index contributed by atoms with van der Waals surface area (Å²) < 4.78 is 0. The molecule has 38 heavy (non-hydrogen) atoms. The first-order chi connectivity index (χ1) is 18.5. The summed E-state index contributed by atoms with van der Waals surface area (Å²) in [6.45, 7) is 3.85. The monoisotopic (exact) mass is 512 g/mol. The molecule has 2 aliphatic heterocycles. The predicted octanol–water partition coefficient (Wildman–Crippen LogP) is 4.48. The number of aromatic nitrogens is 1. The van der Waals surface area contributed by atoms with Crippen molar-refractivity contribution in [3.8, 4) is 0 Å². The Kier molecular flexibility index (Phi) is 6.46. The van der Waals surface area contributed by atoms with E-state index in [9.17, 15) is 14.4 Å². The summed E-state index contributed by atoms with van der Waals surface area (Å²) >= 11 is 0. The fourth-order valence-electron chi connectivity index (χ4n) is 6.64. The van der Waals surface area contributed by atoms with Crippen LogP contribution in [0.15, 0.2) is 48.5 Å². The van der Waals surface area contributed by atoms with Crippen LogP contribution in [0.1, 0.15) is 80.4 Å². The Morgan fingerprint density at radius 2 is 1.82 bits per heavy atom. The summed E-state index contributed by atoms with van der Waals surface area (Å²) in [5.74, 6) is -0.575. The summed E-state index contributed by atoms with van der Waals surface area (Å²) in [7, 11) is 0. The van der Waals surface area contributed by atoms with E-state index < -0.39 is 12.1 Å². The van der Waals surface area contributed by atoms with Gasteiger partial charge >= 0.3 is 0 Å². The number of aryl methyl sites for hydroxylation is 1. The lowest BCUT2D eigenvalue weighted by atomic mass is 9.87. The summed E-state index contributed by atoms with van der Waals surface area (Å²) in [6, 6.07) is 14.9. The lowest BCUT2D eigenvalue weighted by Crippen LogP contribution is -2.54. The van der Waals surface area contributed by atoms with Gasteiger partial charge in [0.05, 0.1) is 12.1 Å². The zero-order chi connectivity index (χ0) is 26.4. The van der Waals surface area contributed by atoms with E-state index in [1.807, 2.05) is 44.2 Å².